The van der Waals surface area contributed by atoms with Crippen LogP contribution < -0.4 is 5.43 Å². The molecule has 0 atom stereocenters. The van der Waals surface area contributed by atoms with Crippen molar-refractivity contribution >= 4 is 21.8 Å². The van der Waals surface area contributed by atoms with E-state index in [2.05, 4.69) is 9.97 Å². The molecule has 0 N–H and O–H groups in total. The van der Waals surface area contributed by atoms with Crippen molar-refractivity contribution in [3.05, 3.63) is 71.2 Å². The minimum atomic E-state index is -0.410. The standard InChI is InChI=1S/C18H12FN3O/c1-22-16-5-3-13(19)7-15(16)18(23)14-4-2-11(6-17(14)22)12-8-20-10-21-9-12/h2-10H,1H3. The maximum absolute atomic E-state index is 13.5. The SMILES string of the molecule is Cn1c2ccc(F)cc2c(=O)c2ccc(-c3cncnc3)cc21. The molecule has 2 aromatic carbocycles. The van der Waals surface area contributed by atoms with E-state index >= 15 is 0 Å². The molecule has 2 heterocycles. The lowest BCUT2D eigenvalue weighted by atomic mass is 10.0. The zero-order valence-electron chi connectivity index (χ0n) is 12.3. The largest absolute Gasteiger partial charge is 0.343 e. The van der Waals surface area contributed by atoms with E-state index in [1.165, 1.54) is 18.5 Å². The van der Waals surface area contributed by atoms with Gasteiger partial charge in [0.05, 0.1) is 11.0 Å². The average molecular weight is 305 g/mol. The molecular formula is C18H12FN3O. The highest BCUT2D eigenvalue weighted by Gasteiger charge is 2.11. The monoisotopic (exact) mass is 305 g/mol. The summed E-state index contributed by atoms with van der Waals surface area (Å²) in [5.41, 5.74) is 3.12. The summed E-state index contributed by atoms with van der Waals surface area (Å²) >= 11 is 0. The van der Waals surface area contributed by atoms with E-state index < -0.39 is 5.82 Å². The quantitative estimate of drug-likeness (QED) is 0.507. The van der Waals surface area contributed by atoms with Crippen LogP contribution in [0.25, 0.3) is 32.9 Å². The lowest BCUT2D eigenvalue weighted by Gasteiger charge is -2.11. The normalized spacial score (nSPS) is 11.2. The highest BCUT2D eigenvalue weighted by atomic mass is 19.1. The summed E-state index contributed by atoms with van der Waals surface area (Å²) in [6.07, 6.45) is 4.92. The molecule has 0 aliphatic heterocycles. The summed E-state index contributed by atoms with van der Waals surface area (Å²) < 4.78 is 15.4. The number of pyridine rings is 1. The molecule has 4 rings (SSSR count). The van der Waals surface area contributed by atoms with E-state index in [0.29, 0.717) is 16.3 Å². The summed E-state index contributed by atoms with van der Waals surface area (Å²) in [7, 11) is 1.87. The molecule has 0 amide bonds. The Morgan fingerprint density at radius 1 is 0.913 bits per heavy atom. The summed E-state index contributed by atoms with van der Waals surface area (Å²) in [5.74, 6) is -0.410. The second-order valence-electron chi connectivity index (χ2n) is 5.41. The predicted octanol–water partition coefficient (Wildman–Crippen LogP) is 3.29. The Kier molecular flexibility index (Phi) is 2.94. The van der Waals surface area contributed by atoms with Gasteiger partial charge in [-0.1, -0.05) is 6.07 Å². The van der Waals surface area contributed by atoms with Crippen LogP contribution in [0.2, 0.25) is 0 Å². The number of aryl methyl sites for hydroxylation is 1. The van der Waals surface area contributed by atoms with Gasteiger partial charge in [-0.3, -0.25) is 4.79 Å². The molecule has 0 aliphatic rings. The summed E-state index contributed by atoms with van der Waals surface area (Å²) in [5, 5.41) is 0.946. The molecule has 4 nitrogen and oxygen atoms in total. The molecule has 0 spiro atoms. The fraction of sp³-hybridized carbons (Fsp3) is 0.0556. The zero-order valence-corrected chi connectivity index (χ0v) is 12.3. The van der Waals surface area contributed by atoms with Gasteiger partial charge in [0.2, 0.25) is 0 Å². The summed E-state index contributed by atoms with van der Waals surface area (Å²) in [6.45, 7) is 0. The van der Waals surface area contributed by atoms with Crippen LogP contribution in [-0.2, 0) is 7.05 Å². The van der Waals surface area contributed by atoms with Crippen molar-refractivity contribution in [2.45, 2.75) is 0 Å². The Hall–Kier alpha value is -3.08. The average Bonchev–Trinajstić information content (AvgIpc) is 2.60. The van der Waals surface area contributed by atoms with Gasteiger partial charge in [-0.05, 0) is 35.9 Å². The Labute approximate surface area is 130 Å². The molecule has 112 valence electrons. The van der Waals surface area contributed by atoms with Crippen molar-refractivity contribution in [2.24, 2.45) is 7.05 Å². The first-order valence-corrected chi connectivity index (χ1v) is 7.12. The Morgan fingerprint density at radius 3 is 2.48 bits per heavy atom. The van der Waals surface area contributed by atoms with Crippen molar-refractivity contribution in [1.82, 2.24) is 14.5 Å². The lowest BCUT2D eigenvalue weighted by molar-refractivity contribution is 0.629. The van der Waals surface area contributed by atoms with E-state index in [1.807, 2.05) is 23.7 Å². The maximum Gasteiger partial charge on any atom is 0.197 e. The van der Waals surface area contributed by atoms with Gasteiger partial charge in [0.15, 0.2) is 5.43 Å². The first-order chi connectivity index (χ1) is 11.1. The third kappa shape index (κ3) is 2.09. The molecule has 0 saturated carbocycles. The van der Waals surface area contributed by atoms with Gasteiger partial charge in [-0.25, -0.2) is 14.4 Å². The summed E-state index contributed by atoms with van der Waals surface area (Å²) in [6, 6.07) is 9.83. The van der Waals surface area contributed by atoms with Crippen molar-refractivity contribution in [1.29, 1.82) is 0 Å². The van der Waals surface area contributed by atoms with Crippen LogP contribution in [0.1, 0.15) is 0 Å². The third-order valence-corrected chi connectivity index (χ3v) is 4.06. The van der Waals surface area contributed by atoms with Gasteiger partial charge in [0.1, 0.15) is 12.1 Å². The molecule has 0 fully saturated rings. The Morgan fingerprint density at radius 2 is 1.70 bits per heavy atom. The van der Waals surface area contributed by atoms with Gasteiger partial charge in [-0.15, -0.1) is 0 Å². The number of fused-ring (bicyclic) bond motifs is 2. The molecule has 0 aliphatic carbocycles. The number of hydrogen-bond donors (Lipinski definition) is 0. The Bertz CT molecular complexity index is 1100. The molecule has 23 heavy (non-hydrogen) atoms. The van der Waals surface area contributed by atoms with Crippen molar-refractivity contribution in [2.75, 3.05) is 0 Å². The van der Waals surface area contributed by atoms with Gasteiger partial charge < -0.3 is 4.57 Å². The van der Waals surface area contributed by atoms with E-state index in [0.717, 1.165) is 16.6 Å². The zero-order chi connectivity index (χ0) is 16.0. The second kappa shape index (κ2) is 4.98. The van der Waals surface area contributed by atoms with Crippen LogP contribution in [0.15, 0.2) is 59.9 Å². The summed E-state index contributed by atoms with van der Waals surface area (Å²) in [4.78, 5) is 20.7. The lowest BCUT2D eigenvalue weighted by Crippen LogP contribution is -2.09. The molecule has 5 heteroatoms. The van der Waals surface area contributed by atoms with E-state index in [9.17, 15) is 9.18 Å². The van der Waals surface area contributed by atoms with Crippen molar-refractivity contribution < 1.29 is 4.39 Å². The Balaban J connectivity index is 2.10. The minimum Gasteiger partial charge on any atom is -0.343 e. The molecule has 4 aromatic rings. The van der Waals surface area contributed by atoms with E-state index in [1.54, 1.807) is 24.5 Å². The molecule has 2 aromatic heterocycles. The van der Waals surface area contributed by atoms with Crippen LogP contribution in [-0.4, -0.2) is 14.5 Å². The fourth-order valence-corrected chi connectivity index (χ4v) is 2.89. The number of hydrogen-bond acceptors (Lipinski definition) is 3. The number of benzene rings is 2. The van der Waals surface area contributed by atoms with Crippen LogP contribution in [0.5, 0.6) is 0 Å². The maximum atomic E-state index is 13.5. The highest BCUT2D eigenvalue weighted by Crippen LogP contribution is 2.24. The van der Waals surface area contributed by atoms with Crippen molar-refractivity contribution in [3.63, 3.8) is 0 Å². The van der Waals surface area contributed by atoms with Crippen molar-refractivity contribution in [3.8, 4) is 11.1 Å². The van der Waals surface area contributed by atoms with E-state index in [-0.39, 0.29) is 5.43 Å². The predicted molar refractivity (Wildman–Crippen MR) is 87.7 cm³/mol. The third-order valence-electron chi connectivity index (χ3n) is 4.06. The van der Waals surface area contributed by atoms with Crippen LogP contribution in [0, 0.1) is 5.82 Å². The molecular weight excluding hydrogens is 293 g/mol. The smallest absolute Gasteiger partial charge is 0.197 e. The first-order valence-electron chi connectivity index (χ1n) is 7.12. The second-order valence-corrected chi connectivity index (χ2v) is 5.41. The topological polar surface area (TPSA) is 47.8 Å². The number of rotatable bonds is 1. The molecule has 0 saturated heterocycles. The molecule has 0 unspecified atom stereocenters. The van der Waals surface area contributed by atoms with Gasteiger partial charge in [-0.2, -0.15) is 0 Å². The number of aromatic nitrogens is 3. The first kappa shape index (κ1) is 13.6. The number of nitrogens with zero attached hydrogens (tertiary/aromatic N) is 3. The minimum absolute atomic E-state index is 0.163. The van der Waals surface area contributed by atoms with Crippen LogP contribution in [0.3, 0.4) is 0 Å². The van der Waals surface area contributed by atoms with Gasteiger partial charge in [0.25, 0.3) is 0 Å². The van der Waals surface area contributed by atoms with Crippen LogP contribution >= 0.6 is 0 Å². The fourth-order valence-electron chi connectivity index (χ4n) is 2.89. The van der Waals surface area contributed by atoms with Gasteiger partial charge >= 0.3 is 0 Å². The van der Waals surface area contributed by atoms with Crippen LogP contribution in [0.4, 0.5) is 4.39 Å². The van der Waals surface area contributed by atoms with Gasteiger partial charge in [0, 0.05) is 35.8 Å². The highest BCUT2D eigenvalue weighted by molar-refractivity contribution is 5.95. The number of halogens is 1. The molecule has 0 radical (unpaired) electrons. The molecule has 0 bridgehead atoms. The van der Waals surface area contributed by atoms with E-state index in [4.69, 9.17) is 0 Å².